The van der Waals surface area contributed by atoms with Gasteiger partial charge in [0, 0.05) is 18.1 Å². The third kappa shape index (κ3) is 5.62. The van der Waals surface area contributed by atoms with Crippen molar-refractivity contribution in [2.75, 3.05) is 31.6 Å². The normalized spacial score (nSPS) is 14.9. The predicted molar refractivity (Wildman–Crippen MR) is 127 cm³/mol. The van der Waals surface area contributed by atoms with Crippen LogP contribution in [0.2, 0.25) is 5.02 Å². The molecule has 0 radical (unpaired) electrons. The highest BCUT2D eigenvalue weighted by atomic mass is 35.5. The molecule has 0 N–H and O–H groups in total. The Labute approximate surface area is 192 Å². The van der Waals surface area contributed by atoms with E-state index in [-0.39, 0.29) is 18.1 Å². The van der Waals surface area contributed by atoms with E-state index in [1.165, 1.54) is 12.0 Å². The lowest BCUT2D eigenvalue weighted by Crippen LogP contribution is -2.36. The lowest BCUT2D eigenvalue weighted by molar-refractivity contribution is -0.143. The van der Waals surface area contributed by atoms with E-state index in [2.05, 4.69) is 28.7 Å². The summed E-state index contributed by atoms with van der Waals surface area (Å²) in [5, 5.41) is 0.632. The topological polar surface area (TPSA) is 75.1 Å². The fourth-order valence-corrected chi connectivity index (χ4v) is 3.31. The Kier molecular flexibility index (Phi) is 7.78. The van der Waals surface area contributed by atoms with Gasteiger partial charge in [0.05, 0.1) is 24.7 Å². The minimum Gasteiger partial charge on any atom is -0.468 e. The fourth-order valence-electron chi connectivity index (χ4n) is 3.19. The van der Waals surface area contributed by atoms with Crippen LogP contribution in [0.5, 0.6) is 0 Å². The van der Waals surface area contributed by atoms with Crippen molar-refractivity contribution in [3.05, 3.63) is 70.6 Å². The maximum atomic E-state index is 12.9. The van der Waals surface area contributed by atoms with Crippen LogP contribution < -0.4 is 4.90 Å². The predicted octanol–water partition coefficient (Wildman–Crippen LogP) is 4.05. The summed E-state index contributed by atoms with van der Waals surface area (Å²) in [5.41, 5.74) is 2.70. The average molecular weight is 453 g/mol. The van der Waals surface area contributed by atoms with E-state index >= 15 is 0 Å². The maximum absolute atomic E-state index is 12.9. The van der Waals surface area contributed by atoms with Gasteiger partial charge in [-0.3, -0.25) is 19.5 Å². The number of nitrogens with zero attached hydrogens (tertiary/aromatic N) is 4. The number of methoxy groups -OCH3 is 1. The molecule has 0 aliphatic carbocycles. The Balaban J connectivity index is 1.88. The van der Waals surface area contributed by atoms with Gasteiger partial charge < -0.3 is 9.64 Å². The number of carbonyl (C=O) groups excluding carboxylic acids is 2. The van der Waals surface area contributed by atoms with Crippen molar-refractivity contribution in [2.24, 2.45) is 4.99 Å². The summed E-state index contributed by atoms with van der Waals surface area (Å²) in [7, 11) is 1.28. The highest BCUT2D eigenvalue weighted by Crippen LogP contribution is 2.21. The number of benzene rings is 1. The molecule has 1 aliphatic rings. The van der Waals surface area contributed by atoms with Crippen molar-refractivity contribution in [2.45, 2.75) is 13.8 Å². The van der Waals surface area contributed by atoms with Gasteiger partial charge in [-0.2, -0.15) is 0 Å². The molecule has 32 heavy (non-hydrogen) atoms. The van der Waals surface area contributed by atoms with Crippen LogP contribution in [0.25, 0.3) is 12.2 Å². The number of hydrogen-bond acceptors (Lipinski definition) is 6. The van der Waals surface area contributed by atoms with Crippen molar-refractivity contribution >= 4 is 47.2 Å². The van der Waals surface area contributed by atoms with Gasteiger partial charge in [0.15, 0.2) is 0 Å². The first kappa shape index (κ1) is 23.2. The zero-order valence-corrected chi connectivity index (χ0v) is 19.0. The van der Waals surface area contributed by atoms with E-state index in [4.69, 9.17) is 16.3 Å². The van der Waals surface area contributed by atoms with Gasteiger partial charge in [-0.25, -0.2) is 4.99 Å². The first-order valence-corrected chi connectivity index (χ1v) is 10.7. The molecule has 1 aromatic carbocycles. The van der Waals surface area contributed by atoms with Crippen LogP contribution >= 0.6 is 11.6 Å². The molecule has 0 saturated carbocycles. The SMILES string of the molecule is CCN(CC)c1ccc(/C=C2N=C(/C=C/c3ccc(Cl)cc3)N(CC(=O)OC)C\2=O)nc1. The number of aliphatic imine (C=N–C) groups is 1. The lowest BCUT2D eigenvalue weighted by Gasteiger charge is -2.20. The second-order valence-electron chi connectivity index (χ2n) is 6.97. The minimum atomic E-state index is -0.533. The molecule has 0 spiro atoms. The summed E-state index contributed by atoms with van der Waals surface area (Å²) in [6.07, 6.45) is 6.87. The number of esters is 1. The Morgan fingerprint density at radius 2 is 1.84 bits per heavy atom. The second kappa shape index (κ2) is 10.7. The van der Waals surface area contributed by atoms with Gasteiger partial charge in [0.1, 0.15) is 18.1 Å². The van der Waals surface area contributed by atoms with Crippen LogP contribution in [0.1, 0.15) is 25.1 Å². The molecule has 3 rings (SSSR count). The summed E-state index contributed by atoms with van der Waals surface area (Å²) in [4.78, 5) is 37.1. The number of anilines is 1. The molecule has 0 bridgehead atoms. The quantitative estimate of drug-likeness (QED) is 0.446. The molecule has 8 heteroatoms. The third-order valence-electron chi connectivity index (χ3n) is 4.97. The summed E-state index contributed by atoms with van der Waals surface area (Å²) < 4.78 is 4.73. The Morgan fingerprint density at radius 1 is 1.12 bits per heavy atom. The highest BCUT2D eigenvalue weighted by molar-refractivity contribution is 6.30. The van der Waals surface area contributed by atoms with Gasteiger partial charge in [-0.15, -0.1) is 0 Å². The van der Waals surface area contributed by atoms with Crippen molar-refractivity contribution in [1.29, 1.82) is 0 Å². The van der Waals surface area contributed by atoms with E-state index in [0.717, 1.165) is 24.3 Å². The number of carbonyl (C=O) groups is 2. The van der Waals surface area contributed by atoms with E-state index in [1.807, 2.05) is 24.3 Å². The van der Waals surface area contributed by atoms with Gasteiger partial charge in [-0.05, 0) is 55.8 Å². The highest BCUT2D eigenvalue weighted by Gasteiger charge is 2.30. The fraction of sp³-hybridized carbons (Fsp3) is 0.250. The molecule has 0 atom stereocenters. The summed E-state index contributed by atoms with van der Waals surface area (Å²) in [6, 6.07) is 11.0. The van der Waals surface area contributed by atoms with Crippen LogP contribution in [-0.4, -0.2) is 54.3 Å². The number of rotatable bonds is 8. The van der Waals surface area contributed by atoms with Crippen LogP contribution in [0.4, 0.5) is 5.69 Å². The number of halogens is 1. The molecule has 166 valence electrons. The third-order valence-corrected chi connectivity index (χ3v) is 5.22. The molecule has 1 aromatic heterocycles. The van der Waals surface area contributed by atoms with Gasteiger partial charge in [-0.1, -0.05) is 29.8 Å². The zero-order chi connectivity index (χ0) is 23.1. The summed E-state index contributed by atoms with van der Waals surface area (Å²) >= 11 is 5.93. The second-order valence-corrected chi connectivity index (χ2v) is 7.40. The molecule has 1 amide bonds. The van der Waals surface area contributed by atoms with Gasteiger partial charge in [0.25, 0.3) is 5.91 Å². The summed E-state index contributed by atoms with van der Waals surface area (Å²) in [6.45, 7) is 5.70. The lowest BCUT2D eigenvalue weighted by atomic mass is 10.2. The Bertz CT molecular complexity index is 1060. The zero-order valence-electron chi connectivity index (χ0n) is 18.3. The van der Waals surface area contributed by atoms with E-state index < -0.39 is 5.97 Å². The number of ether oxygens (including phenoxy) is 1. The molecular weight excluding hydrogens is 428 g/mol. The number of hydrogen-bond donors (Lipinski definition) is 0. The van der Waals surface area contributed by atoms with Gasteiger partial charge in [0.2, 0.25) is 0 Å². The molecule has 7 nitrogen and oxygen atoms in total. The molecule has 0 fully saturated rings. The van der Waals surface area contributed by atoms with Crippen LogP contribution in [0, 0.1) is 0 Å². The molecule has 1 aliphatic heterocycles. The summed E-state index contributed by atoms with van der Waals surface area (Å²) in [5.74, 6) is -0.573. The smallest absolute Gasteiger partial charge is 0.325 e. The molecule has 0 unspecified atom stereocenters. The van der Waals surface area contributed by atoms with Crippen LogP contribution in [0.15, 0.2) is 59.4 Å². The average Bonchev–Trinajstić information content (AvgIpc) is 3.09. The van der Waals surface area contributed by atoms with E-state index in [1.54, 1.807) is 36.6 Å². The van der Waals surface area contributed by atoms with Crippen LogP contribution in [0.3, 0.4) is 0 Å². The number of amides is 1. The Morgan fingerprint density at radius 3 is 2.44 bits per heavy atom. The van der Waals surface area contributed by atoms with Crippen molar-refractivity contribution in [3.63, 3.8) is 0 Å². The Hall–Kier alpha value is -3.45. The monoisotopic (exact) mass is 452 g/mol. The number of aromatic nitrogens is 1. The van der Waals surface area contributed by atoms with Crippen molar-refractivity contribution in [3.8, 4) is 0 Å². The van der Waals surface area contributed by atoms with Crippen molar-refractivity contribution in [1.82, 2.24) is 9.88 Å². The minimum absolute atomic E-state index is 0.202. The van der Waals surface area contributed by atoms with Gasteiger partial charge >= 0.3 is 5.97 Å². The van der Waals surface area contributed by atoms with Crippen molar-refractivity contribution < 1.29 is 14.3 Å². The first-order valence-electron chi connectivity index (χ1n) is 10.3. The largest absolute Gasteiger partial charge is 0.468 e. The standard InChI is InChI=1S/C24H25ClN4O3/c1-4-28(5-2)20-12-11-19(26-15-20)14-21-24(31)29(16-23(30)32-3)22(27-21)13-8-17-6-9-18(25)10-7-17/h6-15H,4-5,16H2,1-3H3/b13-8+,21-14-. The molecule has 0 saturated heterocycles. The maximum Gasteiger partial charge on any atom is 0.325 e. The first-order chi connectivity index (χ1) is 15.4. The number of pyridine rings is 1. The van der Waals surface area contributed by atoms with E-state index in [9.17, 15) is 9.59 Å². The number of amidine groups is 1. The molecule has 2 heterocycles. The van der Waals surface area contributed by atoms with Crippen LogP contribution in [-0.2, 0) is 14.3 Å². The molecular formula is C24H25ClN4O3. The molecule has 2 aromatic rings. The van der Waals surface area contributed by atoms with E-state index in [0.29, 0.717) is 16.6 Å².